The number of methoxy groups -OCH3 is 3. The van der Waals surface area contributed by atoms with Crippen LogP contribution in [-0.2, 0) is 28.4 Å². The van der Waals surface area contributed by atoms with E-state index in [9.17, 15) is 5.11 Å². The largest absolute Gasteiger partial charge is 0.385 e. The molecule has 0 aromatic rings. The average molecular weight is 292 g/mol. The summed E-state index contributed by atoms with van der Waals surface area (Å²) in [7, 11) is 4.49. The summed E-state index contributed by atoms with van der Waals surface area (Å²) in [5.41, 5.74) is 0. The molecule has 0 unspecified atom stereocenters. The third-order valence-corrected chi connectivity index (χ3v) is 4.31. The Hall–Kier alpha value is -0.280. The van der Waals surface area contributed by atoms with E-state index in [-0.39, 0.29) is 6.10 Å². The maximum absolute atomic E-state index is 10.3. The molecule has 0 aromatic heterocycles. The fraction of sp³-hybridized carbons (Fsp3) is 1.00. The lowest BCUT2D eigenvalue weighted by Crippen LogP contribution is -2.72. The first kappa shape index (κ1) is 16.1. The Morgan fingerprint density at radius 2 is 1.45 bits per heavy atom. The highest BCUT2D eigenvalue weighted by molar-refractivity contribution is 4.98. The van der Waals surface area contributed by atoms with Crippen molar-refractivity contribution in [2.75, 3.05) is 21.3 Å². The molecule has 0 bridgehead atoms. The van der Waals surface area contributed by atoms with Crippen molar-refractivity contribution in [1.82, 2.24) is 0 Å². The fourth-order valence-electron chi connectivity index (χ4n) is 2.68. The highest BCUT2D eigenvalue weighted by Crippen LogP contribution is 2.43. The van der Waals surface area contributed by atoms with Crippen LogP contribution in [0.25, 0.3) is 0 Å². The minimum atomic E-state index is -1.15. The minimum Gasteiger partial charge on any atom is -0.385 e. The maximum Gasteiger partial charge on any atom is 0.220 e. The van der Waals surface area contributed by atoms with Gasteiger partial charge in [-0.15, -0.1) is 0 Å². The monoisotopic (exact) mass is 292 g/mol. The number of hydrogen-bond donors (Lipinski definition) is 1. The molecule has 0 aromatic carbocycles. The molecule has 118 valence electrons. The topological polar surface area (TPSA) is 75.6 Å². The quantitative estimate of drug-likeness (QED) is 0.799. The molecule has 20 heavy (non-hydrogen) atoms. The van der Waals surface area contributed by atoms with Gasteiger partial charge in [0.1, 0.15) is 18.3 Å². The zero-order valence-corrected chi connectivity index (χ0v) is 12.8. The molecular formula is C13H24O7. The number of aliphatic hydroxyl groups excluding tert-OH is 1. The van der Waals surface area contributed by atoms with Crippen molar-refractivity contribution in [3.63, 3.8) is 0 Å². The lowest BCUT2D eigenvalue weighted by molar-refractivity contribution is -0.477. The van der Waals surface area contributed by atoms with Crippen molar-refractivity contribution >= 4 is 0 Å². The van der Waals surface area contributed by atoms with E-state index < -0.39 is 36.2 Å². The molecule has 2 fully saturated rings. The summed E-state index contributed by atoms with van der Waals surface area (Å²) in [6, 6.07) is 0. The van der Waals surface area contributed by atoms with Crippen molar-refractivity contribution < 1.29 is 33.5 Å². The molecule has 7 heteroatoms. The van der Waals surface area contributed by atoms with Crippen molar-refractivity contribution in [1.29, 1.82) is 0 Å². The van der Waals surface area contributed by atoms with Crippen LogP contribution in [0.15, 0.2) is 0 Å². The minimum absolute atomic E-state index is 0.316. The molecule has 7 atom stereocenters. The average Bonchev–Trinajstić information content (AvgIpc) is 2.45. The number of fused-ring (bicyclic) bond motifs is 1. The third kappa shape index (κ3) is 2.27. The van der Waals surface area contributed by atoms with Gasteiger partial charge in [0.2, 0.25) is 11.6 Å². The van der Waals surface area contributed by atoms with Gasteiger partial charge in [-0.05, 0) is 20.8 Å². The summed E-state index contributed by atoms with van der Waals surface area (Å²) >= 11 is 0. The SMILES string of the molecule is CO[C@@H]1O[C@@H](C)[C@@H]2O[C@@](C)(OC)[C@](C)(OC)O[C@H]2[C@H]1O. The lowest BCUT2D eigenvalue weighted by atomic mass is 9.94. The van der Waals surface area contributed by atoms with Crippen molar-refractivity contribution in [3.05, 3.63) is 0 Å². The summed E-state index contributed by atoms with van der Waals surface area (Å²) in [5, 5.41) is 10.3. The van der Waals surface area contributed by atoms with Gasteiger partial charge in [0.15, 0.2) is 6.29 Å². The van der Waals surface area contributed by atoms with Crippen LogP contribution in [0.4, 0.5) is 0 Å². The Labute approximate surface area is 119 Å². The molecule has 2 rings (SSSR count). The van der Waals surface area contributed by atoms with E-state index in [4.69, 9.17) is 28.4 Å². The van der Waals surface area contributed by atoms with Gasteiger partial charge in [0.05, 0.1) is 6.10 Å². The molecule has 7 nitrogen and oxygen atoms in total. The van der Waals surface area contributed by atoms with Crippen LogP contribution in [0, 0.1) is 0 Å². The number of rotatable bonds is 3. The van der Waals surface area contributed by atoms with E-state index in [1.165, 1.54) is 21.3 Å². The van der Waals surface area contributed by atoms with E-state index in [1.54, 1.807) is 13.8 Å². The lowest BCUT2D eigenvalue weighted by Gasteiger charge is -2.56. The summed E-state index contributed by atoms with van der Waals surface area (Å²) in [6.07, 6.45) is -3.16. The Bertz CT molecular complexity index is 352. The first-order valence-corrected chi connectivity index (χ1v) is 6.64. The van der Waals surface area contributed by atoms with Crippen LogP contribution in [0.5, 0.6) is 0 Å². The van der Waals surface area contributed by atoms with E-state index in [1.807, 2.05) is 6.92 Å². The molecular weight excluding hydrogens is 268 g/mol. The Morgan fingerprint density at radius 1 is 0.950 bits per heavy atom. The van der Waals surface area contributed by atoms with Crippen molar-refractivity contribution in [2.45, 2.75) is 63.1 Å². The highest BCUT2D eigenvalue weighted by Gasteiger charge is 2.61. The molecule has 0 radical (unpaired) electrons. The molecule has 2 aliphatic heterocycles. The van der Waals surface area contributed by atoms with Crippen LogP contribution in [0.1, 0.15) is 20.8 Å². The number of hydrogen-bond acceptors (Lipinski definition) is 7. The van der Waals surface area contributed by atoms with Crippen LogP contribution < -0.4 is 0 Å². The number of aliphatic hydroxyl groups is 1. The van der Waals surface area contributed by atoms with Gasteiger partial charge in [-0.3, -0.25) is 0 Å². The van der Waals surface area contributed by atoms with Gasteiger partial charge in [-0.25, -0.2) is 0 Å². The van der Waals surface area contributed by atoms with Gasteiger partial charge in [-0.2, -0.15) is 0 Å². The van der Waals surface area contributed by atoms with E-state index in [2.05, 4.69) is 0 Å². The molecule has 2 saturated heterocycles. The Kier molecular flexibility index (Phi) is 4.42. The molecule has 2 aliphatic rings. The normalized spacial score (nSPS) is 52.6. The van der Waals surface area contributed by atoms with Crippen molar-refractivity contribution in [2.24, 2.45) is 0 Å². The standard InChI is InChI=1S/C13H24O7/c1-7-9-10(8(14)11(15-4)18-7)20-13(3,17-6)12(2,16-5)19-9/h7-11,14H,1-6H3/t7-,8+,9-,10-,11+,12+,13+/m0/s1. The summed E-state index contributed by atoms with van der Waals surface area (Å²) in [5.74, 6) is -2.26. The van der Waals surface area contributed by atoms with Gasteiger partial charge < -0.3 is 33.5 Å². The Balaban J connectivity index is 2.30. The fourth-order valence-corrected chi connectivity index (χ4v) is 2.68. The second-order valence-corrected chi connectivity index (χ2v) is 5.40. The maximum atomic E-state index is 10.3. The predicted molar refractivity (Wildman–Crippen MR) is 67.9 cm³/mol. The molecule has 0 amide bonds. The third-order valence-electron chi connectivity index (χ3n) is 4.31. The molecule has 0 saturated carbocycles. The van der Waals surface area contributed by atoms with E-state index >= 15 is 0 Å². The second kappa shape index (κ2) is 5.49. The van der Waals surface area contributed by atoms with Gasteiger partial charge in [0.25, 0.3) is 0 Å². The first-order chi connectivity index (χ1) is 9.31. The van der Waals surface area contributed by atoms with Crippen LogP contribution in [0.3, 0.4) is 0 Å². The summed E-state index contributed by atoms with van der Waals surface area (Å²) in [4.78, 5) is 0. The zero-order valence-electron chi connectivity index (χ0n) is 12.8. The van der Waals surface area contributed by atoms with E-state index in [0.717, 1.165) is 0 Å². The molecule has 0 spiro atoms. The van der Waals surface area contributed by atoms with Gasteiger partial charge in [-0.1, -0.05) is 0 Å². The van der Waals surface area contributed by atoms with Crippen LogP contribution in [0.2, 0.25) is 0 Å². The Morgan fingerprint density at radius 3 is 1.90 bits per heavy atom. The second-order valence-electron chi connectivity index (χ2n) is 5.40. The van der Waals surface area contributed by atoms with E-state index in [0.29, 0.717) is 0 Å². The number of ether oxygens (including phenoxy) is 6. The molecule has 1 N–H and O–H groups in total. The van der Waals surface area contributed by atoms with Crippen molar-refractivity contribution in [3.8, 4) is 0 Å². The molecule has 2 heterocycles. The first-order valence-electron chi connectivity index (χ1n) is 6.64. The summed E-state index contributed by atoms with van der Waals surface area (Å²) < 4.78 is 33.5. The van der Waals surface area contributed by atoms with Crippen LogP contribution >= 0.6 is 0 Å². The van der Waals surface area contributed by atoms with Crippen LogP contribution in [-0.4, -0.2) is 68.7 Å². The van der Waals surface area contributed by atoms with Gasteiger partial charge in [0, 0.05) is 21.3 Å². The predicted octanol–water partition coefficient (Wildman–Crippen LogP) is 0.248. The smallest absolute Gasteiger partial charge is 0.220 e. The summed E-state index contributed by atoms with van der Waals surface area (Å²) in [6.45, 7) is 5.28. The molecule has 0 aliphatic carbocycles. The highest BCUT2D eigenvalue weighted by atomic mass is 16.8. The van der Waals surface area contributed by atoms with Gasteiger partial charge >= 0.3 is 0 Å². The zero-order chi connectivity index (χ0) is 15.1.